The topological polar surface area (TPSA) is 90.9 Å². The third kappa shape index (κ3) is 8.31. The maximum absolute atomic E-state index is 12.4. The molecule has 1 heterocycles. The second kappa shape index (κ2) is 11.3. The smallest absolute Gasteiger partial charge is 0.407 e. The maximum Gasteiger partial charge on any atom is 0.407 e. The van der Waals surface area contributed by atoms with Crippen LogP contribution in [-0.2, 0) is 9.53 Å². The van der Waals surface area contributed by atoms with E-state index in [0.29, 0.717) is 25.2 Å². The number of nitrogens with zero attached hydrogens (tertiary/aromatic N) is 1. The molecule has 0 saturated heterocycles. The van der Waals surface area contributed by atoms with Crippen molar-refractivity contribution < 1.29 is 19.5 Å². The highest BCUT2D eigenvalue weighted by molar-refractivity contribution is 5.77. The van der Waals surface area contributed by atoms with Crippen LogP contribution in [0.25, 0.3) is 0 Å². The Kier molecular flexibility index (Phi) is 9.94. The molecule has 0 aromatic rings. The number of hydroxylamine groups is 2. The minimum Gasteiger partial charge on any atom is -0.444 e. The van der Waals surface area contributed by atoms with E-state index in [1.54, 1.807) is 12.3 Å². The normalized spacial score (nSPS) is 19.1. The lowest BCUT2D eigenvalue weighted by atomic mass is 9.90. The van der Waals surface area contributed by atoms with Gasteiger partial charge in [-0.3, -0.25) is 4.79 Å². The van der Waals surface area contributed by atoms with E-state index in [0.717, 1.165) is 17.6 Å². The van der Waals surface area contributed by atoms with E-state index < -0.39 is 22.8 Å². The number of hydrogen-bond acceptors (Lipinski definition) is 5. The van der Waals surface area contributed by atoms with Crippen molar-refractivity contribution in [3.8, 4) is 0 Å². The van der Waals surface area contributed by atoms with E-state index in [-0.39, 0.29) is 11.9 Å². The molecule has 0 fully saturated rings. The van der Waals surface area contributed by atoms with Crippen LogP contribution in [0.2, 0.25) is 0 Å². The van der Waals surface area contributed by atoms with Gasteiger partial charge in [-0.25, -0.2) is 4.79 Å². The summed E-state index contributed by atoms with van der Waals surface area (Å²) >= 11 is 0. The van der Waals surface area contributed by atoms with Crippen molar-refractivity contribution >= 4 is 12.0 Å². The molecule has 0 saturated carbocycles. The second-order valence-corrected chi connectivity index (χ2v) is 11.2. The first-order chi connectivity index (χ1) is 15.0. The minimum absolute atomic E-state index is 0.0412. The molecule has 3 N–H and O–H groups in total. The zero-order valence-corrected chi connectivity index (χ0v) is 22.0. The first-order valence-corrected chi connectivity index (χ1v) is 11.8. The van der Waals surface area contributed by atoms with Crippen molar-refractivity contribution in [2.24, 2.45) is 5.92 Å². The number of alkyl carbamates (subject to hydrolysis) is 1. The molecule has 2 amide bonds. The van der Waals surface area contributed by atoms with E-state index in [1.165, 1.54) is 5.06 Å². The lowest BCUT2D eigenvalue weighted by molar-refractivity contribution is -0.186. The molecule has 1 unspecified atom stereocenters. The molecular weight excluding hydrogens is 418 g/mol. The SMILES string of the molecule is C=CC1=C(C=CNC(=O)CCCC(CC(C)C)NC(=O)OC(C)(C)C)C(C)(C)N(O)C1(C)C. The zero-order valence-electron chi connectivity index (χ0n) is 22.0. The second-order valence-electron chi connectivity index (χ2n) is 11.2. The molecule has 7 nitrogen and oxygen atoms in total. The largest absolute Gasteiger partial charge is 0.444 e. The van der Waals surface area contributed by atoms with Crippen molar-refractivity contribution in [2.75, 3.05) is 0 Å². The van der Waals surface area contributed by atoms with Crippen molar-refractivity contribution in [2.45, 2.75) is 111 Å². The predicted molar refractivity (Wildman–Crippen MR) is 133 cm³/mol. The Balaban J connectivity index is 2.65. The number of rotatable bonds is 10. The molecule has 1 rings (SSSR count). The highest BCUT2D eigenvalue weighted by Crippen LogP contribution is 2.44. The van der Waals surface area contributed by atoms with E-state index in [9.17, 15) is 14.8 Å². The van der Waals surface area contributed by atoms with E-state index in [2.05, 4.69) is 31.1 Å². The summed E-state index contributed by atoms with van der Waals surface area (Å²) in [4.78, 5) is 24.5. The molecule has 0 bridgehead atoms. The van der Waals surface area contributed by atoms with Gasteiger partial charge in [0.05, 0.1) is 11.1 Å². The van der Waals surface area contributed by atoms with Crippen molar-refractivity contribution in [1.29, 1.82) is 0 Å². The number of carbonyl (C=O) groups is 2. The van der Waals surface area contributed by atoms with Crippen LogP contribution in [0.5, 0.6) is 0 Å². The van der Waals surface area contributed by atoms with E-state index in [1.807, 2.05) is 54.5 Å². The highest BCUT2D eigenvalue weighted by Gasteiger charge is 2.48. The Hall–Kier alpha value is -2.12. The minimum atomic E-state index is -0.606. The molecular formula is C26H45N3O4. The molecule has 0 spiro atoms. The van der Waals surface area contributed by atoms with Crippen LogP contribution in [0.3, 0.4) is 0 Å². The standard InChI is InChI=1S/C26H45N3O4/c1-11-20-21(26(9,10)29(32)25(20,7)8)15-16-27-22(30)14-12-13-19(17-18(2)3)28-23(31)33-24(4,5)6/h11,15-16,18-19,32H,1,12-14,17H2,2-10H3,(H,27,30)(H,28,31). The lowest BCUT2D eigenvalue weighted by Crippen LogP contribution is -2.48. The molecule has 0 aromatic carbocycles. The van der Waals surface area contributed by atoms with Gasteiger partial charge in [-0.2, -0.15) is 5.06 Å². The molecule has 33 heavy (non-hydrogen) atoms. The fourth-order valence-electron chi connectivity index (χ4n) is 4.33. The van der Waals surface area contributed by atoms with Crippen LogP contribution < -0.4 is 10.6 Å². The average Bonchev–Trinajstić information content (AvgIpc) is 2.76. The Morgan fingerprint density at radius 1 is 1.15 bits per heavy atom. The Labute approximate surface area is 200 Å². The Morgan fingerprint density at radius 3 is 2.24 bits per heavy atom. The predicted octanol–water partition coefficient (Wildman–Crippen LogP) is 5.47. The van der Waals surface area contributed by atoms with Gasteiger partial charge in [-0.1, -0.05) is 26.5 Å². The van der Waals surface area contributed by atoms with Crippen LogP contribution >= 0.6 is 0 Å². The fourth-order valence-corrected chi connectivity index (χ4v) is 4.33. The summed E-state index contributed by atoms with van der Waals surface area (Å²) in [6.07, 6.45) is 7.31. The van der Waals surface area contributed by atoms with Crippen molar-refractivity contribution in [1.82, 2.24) is 15.7 Å². The van der Waals surface area contributed by atoms with Gasteiger partial charge in [0.1, 0.15) is 5.60 Å². The summed E-state index contributed by atoms with van der Waals surface area (Å²) in [6.45, 7) is 21.3. The van der Waals surface area contributed by atoms with Crippen molar-refractivity contribution in [3.05, 3.63) is 36.1 Å². The highest BCUT2D eigenvalue weighted by atomic mass is 16.6. The third-order valence-corrected chi connectivity index (χ3v) is 5.80. The number of hydrogen-bond donors (Lipinski definition) is 3. The average molecular weight is 464 g/mol. The summed E-state index contributed by atoms with van der Waals surface area (Å²) in [7, 11) is 0. The summed E-state index contributed by atoms with van der Waals surface area (Å²) in [5.74, 6) is 0.322. The monoisotopic (exact) mass is 463 g/mol. The number of nitrogens with one attached hydrogen (secondary N) is 2. The van der Waals surface area contributed by atoms with Crippen LogP contribution in [0.1, 0.15) is 88.0 Å². The molecule has 188 valence electrons. The van der Waals surface area contributed by atoms with Gasteiger partial charge in [-0.05, 0) is 90.9 Å². The van der Waals surface area contributed by atoms with E-state index >= 15 is 0 Å². The van der Waals surface area contributed by atoms with Gasteiger partial charge in [-0.15, -0.1) is 0 Å². The summed E-state index contributed by atoms with van der Waals surface area (Å²) in [5.41, 5.74) is 0.109. The first kappa shape index (κ1) is 28.9. The quantitative estimate of drug-likeness (QED) is 0.400. The molecule has 0 aliphatic carbocycles. The lowest BCUT2D eigenvalue weighted by Gasteiger charge is -2.36. The van der Waals surface area contributed by atoms with Gasteiger partial charge in [0.15, 0.2) is 0 Å². The van der Waals surface area contributed by atoms with Crippen molar-refractivity contribution in [3.63, 3.8) is 0 Å². The van der Waals surface area contributed by atoms with Gasteiger partial charge in [0.2, 0.25) is 5.91 Å². The number of ether oxygens (including phenoxy) is 1. The number of carbonyl (C=O) groups excluding carboxylic acids is 2. The fraction of sp³-hybridized carbons (Fsp3) is 0.692. The Bertz CT molecular complexity index is 773. The number of amides is 2. The Morgan fingerprint density at radius 2 is 1.73 bits per heavy atom. The molecule has 0 radical (unpaired) electrons. The van der Waals surface area contributed by atoms with Gasteiger partial charge in [0, 0.05) is 18.7 Å². The van der Waals surface area contributed by atoms with Gasteiger partial charge < -0.3 is 20.6 Å². The summed E-state index contributed by atoms with van der Waals surface area (Å²) < 4.78 is 5.36. The first-order valence-electron chi connectivity index (χ1n) is 11.8. The maximum atomic E-state index is 12.4. The zero-order chi connectivity index (χ0) is 25.6. The molecule has 1 aliphatic heterocycles. The summed E-state index contributed by atoms with van der Waals surface area (Å²) in [6, 6.07) is -0.0412. The van der Waals surface area contributed by atoms with Crippen LogP contribution in [0.4, 0.5) is 4.79 Å². The third-order valence-electron chi connectivity index (χ3n) is 5.80. The van der Waals surface area contributed by atoms with Gasteiger partial charge >= 0.3 is 6.09 Å². The van der Waals surface area contributed by atoms with Gasteiger partial charge in [0.25, 0.3) is 0 Å². The van der Waals surface area contributed by atoms with Crippen LogP contribution in [-0.4, -0.2) is 45.0 Å². The molecule has 1 atom stereocenters. The molecule has 0 aromatic heterocycles. The van der Waals surface area contributed by atoms with Crippen LogP contribution in [0, 0.1) is 5.92 Å². The molecule has 7 heteroatoms. The molecule has 1 aliphatic rings. The summed E-state index contributed by atoms with van der Waals surface area (Å²) in [5, 5.41) is 17.7. The van der Waals surface area contributed by atoms with Crippen LogP contribution in [0.15, 0.2) is 36.1 Å². The van der Waals surface area contributed by atoms with E-state index in [4.69, 9.17) is 4.74 Å².